The number of amides is 2. The molecule has 0 unspecified atom stereocenters. The lowest BCUT2D eigenvalue weighted by Crippen LogP contribution is -2.40. The Morgan fingerprint density at radius 2 is 1.62 bits per heavy atom. The van der Waals surface area contributed by atoms with Crippen LogP contribution in [-0.2, 0) is 24.3 Å². The Morgan fingerprint density at radius 1 is 1.00 bits per heavy atom. The molecule has 0 saturated carbocycles. The lowest BCUT2D eigenvalue weighted by atomic mass is 10.3. The Morgan fingerprint density at radius 3 is 2.21 bits per heavy atom. The molecule has 0 spiro atoms. The van der Waals surface area contributed by atoms with Gasteiger partial charge < -0.3 is 20.1 Å². The number of morpholine rings is 1. The maximum atomic E-state index is 12.9. The van der Waals surface area contributed by atoms with Gasteiger partial charge in [-0.2, -0.15) is 4.31 Å². The summed E-state index contributed by atoms with van der Waals surface area (Å²) in [6, 6.07) is 13.1. The quantitative estimate of drug-likeness (QED) is 0.520. The number of nitrogens with zero attached hydrogens (tertiary/aromatic N) is 2. The Balaban J connectivity index is 1.56. The number of nitrogens with one attached hydrogen (secondary N) is 2. The average Bonchev–Trinajstić information content (AvgIpc) is 2.84. The number of hydrogen-bond donors (Lipinski definition) is 2. The summed E-state index contributed by atoms with van der Waals surface area (Å²) in [4.78, 5) is 26.8. The van der Waals surface area contributed by atoms with Gasteiger partial charge in [-0.05, 0) is 49.0 Å². The van der Waals surface area contributed by atoms with Crippen molar-refractivity contribution in [1.82, 2.24) is 9.21 Å². The highest BCUT2D eigenvalue weighted by Gasteiger charge is 2.26. The predicted molar refractivity (Wildman–Crippen MR) is 128 cm³/mol. The molecule has 184 valence electrons. The monoisotopic (exact) mass is 490 g/mol. The average molecular weight is 491 g/mol. The fourth-order valence-electron chi connectivity index (χ4n) is 3.43. The van der Waals surface area contributed by atoms with Gasteiger partial charge in [-0.15, -0.1) is 0 Å². The first-order chi connectivity index (χ1) is 16.3. The van der Waals surface area contributed by atoms with Gasteiger partial charge in [0.25, 0.3) is 0 Å². The molecule has 1 aliphatic rings. The first-order valence-corrected chi connectivity index (χ1v) is 12.4. The maximum absolute atomic E-state index is 12.9. The van der Waals surface area contributed by atoms with E-state index in [2.05, 4.69) is 10.6 Å². The third-order valence-corrected chi connectivity index (χ3v) is 7.18. The second kappa shape index (κ2) is 11.9. The Hall–Kier alpha value is -2.99. The zero-order valence-corrected chi connectivity index (χ0v) is 20.1. The van der Waals surface area contributed by atoms with Crippen LogP contribution in [-0.4, -0.2) is 82.5 Å². The highest BCUT2D eigenvalue weighted by atomic mass is 32.2. The third kappa shape index (κ3) is 7.00. The van der Waals surface area contributed by atoms with E-state index in [1.165, 1.54) is 16.4 Å². The van der Waals surface area contributed by atoms with Gasteiger partial charge in [0.1, 0.15) is 5.75 Å². The molecule has 0 bridgehead atoms. The molecule has 1 aliphatic heterocycles. The number of rotatable bonds is 10. The van der Waals surface area contributed by atoms with Crippen LogP contribution >= 0.6 is 0 Å². The number of benzene rings is 2. The summed E-state index contributed by atoms with van der Waals surface area (Å²) in [6.45, 7) is 3.64. The zero-order valence-electron chi connectivity index (χ0n) is 19.3. The number of hydrogen-bond acceptors (Lipinski definition) is 7. The topological polar surface area (TPSA) is 117 Å². The normalized spacial score (nSPS) is 14.6. The number of carbonyl (C=O) groups excluding carboxylic acids is 2. The van der Waals surface area contributed by atoms with Crippen LogP contribution in [0.3, 0.4) is 0 Å². The lowest BCUT2D eigenvalue weighted by Gasteiger charge is -2.26. The van der Waals surface area contributed by atoms with Crippen molar-refractivity contribution in [2.24, 2.45) is 0 Å². The Bertz CT molecular complexity index is 1080. The molecule has 0 radical (unpaired) electrons. The van der Waals surface area contributed by atoms with Gasteiger partial charge in [0.2, 0.25) is 21.8 Å². The number of carbonyl (C=O) groups is 2. The first-order valence-electron chi connectivity index (χ1n) is 11.0. The van der Waals surface area contributed by atoms with E-state index in [9.17, 15) is 18.0 Å². The number of likely N-dealkylation sites (N-methyl/N-ethyl adjacent to an activating group) is 1. The van der Waals surface area contributed by atoms with Crippen molar-refractivity contribution in [3.63, 3.8) is 0 Å². The zero-order chi connectivity index (χ0) is 24.6. The summed E-state index contributed by atoms with van der Waals surface area (Å²) in [5.74, 6) is 0.0881. The lowest BCUT2D eigenvalue weighted by molar-refractivity contribution is -0.119. The molecular formula is C23H30N4O6S. The van der Waals surface area contributed by atoms with E-state index in [4.69, 9.17) is 9.47 Å². The molecule has 0 atom stereocenters. The molecule has 2 N–H and O–H groups in total. The van der Waals surface area contributed by atoms with E-state index >= 15 is 0 Å². The minimum Gasteiger partial charge on any atom is -0.497 e. The van der Waals surface area contributed by atoms with Gasteiger partial charge in [0.15, 0.2) is 0 Å². The minimum atomic E-state index is -3.67. The van der Waals surface area contributed by atoms with E-state index in [1.54, 1.807) is 48.4 Å². The fourth-order valence-corrected chi connectivity index (χ4v) is 4.89. The summed E-state index contributed by atoms with van der Waals surface area (Å²) >= 11 is 0. The van der Waals surface area contributed by atoms with Crippen molar-refractivity contribution in [1.29, 1.82) is 0 Å². The van der Waals surface area contributed by atoms with Gasteiger partial charge in [-0.3, -0.25) is 14.5 Å². The molecule has 0 aliphatic carbocycles. The van der Waals surface area contributed by atoms with Gasteiger partial charge in [0.05, 0.1) is 38.3 Å². The maximum Gasteiger partial charge on any atom is 0.243 e. The van der Waals surface area contributed by atoms with E-state index in [1.807, 2.05) is 6.92 Å². The van der Waals surface area contributed by atoms with Crippen LogP contribution in [0.15, 0.2) is 53.4 Å². The Kier molecular flexibility index (Phi) is 8.99. The van der Waals surface area contributed by atoms with Crippen LogP contribution in [0.1, 0.15) is 6.92 Å². The predicted octanol–water partition coefficient (Wildman–Crippen LogP) is 1.62. The van der Waals surface area contributed by atoms with Crippen molar-refractivity contribution in [3.8, 4) is 5.75 Å². The summed E-state index contributed by atoms with van der Waals surface area (Å²) < 4.78 is 37.4. The van der Waals surface area contributed by atoms with Crippen LogP contribution < -0.4 is 15.4 Å². The van der Waals surface area contributed by atoms with Gasteiger partial charge in [-0.1, -0.05) is 13.0 Å². The van der Waals surface area contributed by atoms with E-state index in [0.717, 1.165) is 0 Å². The molecule has 2 aromatic rings. The van der Waals surface area contributed by atoms with E-state index < -0.39 is 10.0 Å². The Labute approximate surface area is 199 Å². The van der Waals surface area contributed by atoms with Gasteiger partial charge in [-0.25, -0.2) is 8.42 Å². The molecule has 2 amide bonds. The molecule has 11 heteroatoms. The molecule has 2 aromatic carbocycles. The summed E-state index contributed by atoms with van der Waals surface area (Å²) in [5.41, 5.74) is 1.00. The number of methoxy groups -OCH3 is 1. The van der Waals surface area contributed by atoms with Crippen LogP contribution in [0.4, 0.5) is 11.4 Å². The SMILES string of the molecule is CCN(CC(=O)Nc1ccc(OC)cc1)CC(=O)Nc1cccc(S(=O)(=O)N2CCOCC2)c1. The molecule has 1 fully saturated rings. The molecule has 0 aromatic heterocycles. The van der Waals surface area contributed by atoms with Crippen molar-refractivity contribution >= 4 is 33.2 Å². The van der Waals surface area contributed by atoms with Crippen LogP contribution in [0.2, 0.25) is 0 Å². The summed E-state index contributed by atoms with van der Waals surface area (Å²) in [6.07, 6.45) is 0. The van der Waals surface area contributed by atoms with Crippen molar-refractivity contribution in [2.75, 3.05) is 63.7 Å². The largest absolute Gasteiger partial charge is 0.497 e. The molecule has 1 heterocycles. The smallest absolute Gasteiger partial charge is 0.243 e. The number of sulfonamides is 1. The van der Waals surface area contributed by atoms with Crippen molar-refractivity contribution < 1.29 is 27.5 Å². The molecule has 3 rings (SSSR count). The van der Waals surface area contributed by atoms with Crippen LogP contribution in [0, 0.1) is 0 Å². The van der Waals surface area contributed by atoms with Crippen molar-refractivity contribution in [2.45, 2.75) is 11.8 Å². The van der Waals surface area contributed by atoms with Crippen LogP contribution in [0.25, 0.3) is 0 Å². The van der Waals surface area contributed by atoms with Crippen LogP contribution in [0.5, 0.6) is 5.75 Å². The second-order valence-electron chi connectivity index (χ2n) is 7.67. The molecular weight excluding hydrogens is 460 g/mol. The van der Waals surface area contributed by atoms with Gasteiger partial charge >= 0.3 is 0 Å². The fraction of sp³-hybridized carbons (Fsp3) is 0.391. The highest BCUT2D eigenvalue weighted by molar-refractivity contribution is 7.89. The standard InChI is InChI=1S/C23H30N4O6S/c1-3-26(16-22(28)24-18-7-9-20(32-2)10-8-18)17-23(29)25-19-5-4-6-21(15-19)34(30,31)27-11-13-33-14-12-27/h4-10,15H,3,11-14,16-17H2,1-2H3,(H,24,28)(H,25,29). The molecule has 34 heavy (non-hydrogen) atoms. The number of anilines is 2. The summed E-state index contributed by atoms with van der Waals surface area (Å²) in [7, 11) is -2.10. The molecule has 1 saturated heterocycles. The van der Waals surface area contributed by atoms with E-state index in [0.29, 0.717) is 50.0 Å². The minimum absolute atomic E-state index is 0.0209. The van der Waals surface area contributed by atoms with Gasteiger partial charge in [0, 0.05) is 24.5 Å². The second-order valence-corrected chi connectivity index (χ2v) is 9.61. The highest BCUT2D eigenvalue weighted by Crippen LogP contribution is 2.20. The third-order valence-electron chi connectivity index (χ3n) is 5.28. The molecule has 10 nitrogen and oxygen atoms in total. The van der Waals surface area contributed by atoms with Crippen molar-refractivity contribution in [3.05, 3.63) is 48.5 Å². The first kappa shape index (κ1) is 25.6. The summed E-state index contributed by atoms with van der Waals surface area (Å²) in [5, 5.41) is 5.51. The van der Waals surface area contributed by atoms with E-state index in [-0.39, 0.29) is 29.8 Å². The number of ether oxygens (including phenoxy) is 2.